The minimum Gasteiger partial charge on any atom is -0.290 e. The first kappa shape index (κ1) is 12.5. The van der Waals surface area contributed by atoms with E-state index in [0.29, 0.717) is 17.0 Å². The molecule has 2 heterocycles. The molecule has 0 radical (unpaired) electrons. The van der Waals surface area contributed by atoms with Gasteiger partial charge < -0.3 is 0 Å². The van der Waals surface area contributed by atoms with Crippen molar-refractivity contribution < 1.29 is 4.79 Å². The average Bonchev–Trinajstić information content (AvgIpc) is 2.45. The molecule has 0 atom stereocenters. The van der Waals surface area contributed by atoms with Gasteiger partial charge in [-0.15, -0.1) is 0 Å². The summed E-state index contributed by atoms with van der Waals surface area (Å²) in [6.07, 6.45) is 4.79. The van der Waals surface area contributed by atoms with E-state index in [-0.39, 0.29) is 5.91 Å². The predicted molar refractivity (Wildman–Crippen MR) is 67.5 cm³/mol. The second-order valence-corrected chi connectivity index (χ2v) is 4.30. The van der Waals surface area contributed by atoms with Crippen LogP contribution in [-0.4, -0.2) is 20.9 Å². The van der Waals surface area contributed by atoms with Crippen LogP contribution in [0.1, 0.15) is 16.1 Å². The molecule has 0 aliphatic heterocycles. The van der Waals surface area contributed by atoms with Crippen molar-refractivity contribution in [2.45, 2.75) is 10.8 Å². The normalized spacial score (nSPS) is 10.1. The summed E-state index contributed by atoms with van der Waals surface area (Å²) in [6.45, 7) is 0. The molecule has 7 heteroatoms. The highest BCUT2D eigenvalue weighted by molar-refractivity contribution is 7.98. The number of nitrogens with one attached hydrogen (secondary N) is 1. The smallest absolute Gasteiger partial charge is 0.267 e. The number of carbonyl (C=O) groups excluding carboxylic acids is 1. The molecular formula is C11H11N5OS. The summed E-state index contributed by atoms with van der Waals surface area (Å²) in [5, 5.41) is 0.828. The summed E-state index contributed by atoms with van der Waals surface area (Å²) >= 11 is 1.48. The van der Waals surface area contributed by atoms with Crippen LogP contribution in [0, 0.1) is 0 Å². The number of pyridine rings is 1. The van der Waals surface area contributed by atoms with Crippen molar-refractivity contribution in [2.75, 3.05) is 0 Å². The Labute approximate surface area is 108 Å². The fourth-order valence-electron chi connectivity index (χ4n) is 1.34. The molecule has 0 spiro atoms. The zero-order valence-corrected chi connectivity index (χ0v) is 10.2. The minimum atomic E-state index is -0.346. The van der Waals surface area contributed by atoms with Crippen molar-refractivity contribution in [2.24, 2.45) is 5.84 Å². The first-order valence-electron chi connectivity index (χ1n) is 5.15. The van der Waals surface area contributed by atoms with Gasteiger partial charge in [0, 0.05) is 18.1 Å². The lowest BCUT2D eigenvalue weighted by molar-refractivity contribution is 0.0952. The maximum Gasteiger partial charge on any atom is 0.267 e. The number of amides is 1. The zero-order valence-electron chi connectivity index (χ0n) is 9.41. The summed E-state index contributed by atoms with van der Waals surface area (Å²) in [5.74, 6) is 5.32. The van der Waals surface area contributed by atoms with Gasteiger partial charge in [0.2, 0.25) is 0 Å². The van der Waals surface area contributed by atoms with Gasteiger partial charge >= 0.3 is 0 Å². The molecule has 0 saturated heterocycles. The van der Waals surface area contributed by atoms with Crippen LogP contribution in [0.25, 0.3) is 0 Å². The van der Waals surface area contributed by atoms with Crippen LogP contribution in [0.15, 0.2) is 41.9 Å². The third-order valence-electron chi connectivity index (χ3n) is 2.18. The molecule has 0 aliphatic carbocycles. The maximum atomic E-state index is 11.5. The first-order valence-corrected chi connectivity index (χ1v) is 6.13. The number of carbonyl (C=O) groups is 1. The van der Waals surface area contributed by atoms with Gasteiger partial charge in [0.1, 0.15) is 6.33 Å². The molecule has 0 unspecified atom stereocenters. The Balaban J connectivity index is 2.12. The zero-order chi connectivity index (χ0) is 12.8. The number of nitrogen functional groups attached to an aromatic ring is 1. The molecule has 2 aromatic rings. The molecule has 0 bridgehead atoms. The van der Waals surface area contributed by atoms with E-state index in [4.69, 9.17) is 5.84 Å². The molecule has 0 aromatic carbocycles. The summed E-state index contributed by atoms with van der Waals surface area (Å²) in [5.41, 5.74) is 3.25. The standard InChI is InChI=1S/C11H11N5OS/c12-16-11(17)8-2-1-4-14-9(8)6-18-10-3-5-13-7-15-10/h1-5,7H,6,12H2,(H,16,17). The van der Waals surface area contributed by atoms with Crippen LogP contribution in [0.4, 0.5) is 0 Å². The Morgan fingerprint density at radius 1 is 1.33 bits per heavy atom. The molecule has 0 saturated carbocycles. The van der Waals surface area contributed by atoms with Crippen LogP contribution in [0.2, 0.25) is 0 Å². The van der Waals surface area contributed by atoms with E-state index < -0.39 is 0 Å². The number of thioether (sulfide) groups is 1. The minimum absolute atomic E-state index is 0.346. The largest absolute Gasteiger partial charge is 0.290 e. The molecule has 0 aliphatic rings. The van der Waals surface area contributed by atoms with Gasteiger partial charge in [-0.05, 0) is 18.2 Å². The number of hydrogen-bond acceptors (Lipinski definition) is 6. The lowest BCUT2D eigenvalue weighted by atomic mass is 10.2. The van der Waals surface area contributed by atoms with Gasteiger partial charge in [0.05, 0.1) is 16.3 Å². The predicted octanol–water partition coefficient (Wildman–Crippen LogP) is 0.767. The quantitative estimate of drug-likeness (QED) is 0.277. The van der Waals surface area contributed by atoms with Crippen LogP contribution in [-0.2, 0) is 5.75 Å². The van der Waals surface area contributed by atoms with Crippen molar-refractivity contribution in [3.63, 3.8) is 0 Å². The number of rotatable bonds is 4. The molecule has 6 nitrogen and oxygen atoms in total. The Morgan fingerprint density at radius 3 is 2.94 bits per heavy atom. The van der Waals surface area contributed by atoms with Crippen molar-refractivity contribution in [1.82, 2.24) is 20.4 Å². The monoisotopic (exact) mass is 261 g/mol. The highest BCUT2D eigenvalue weighted by Gasteiger charge is 2.11. The summed E-state index contributed by atoms with van der Waals surface area (Å²) in [6, 6.07) is 5.19. The third-order valence-corrected chi connectivity index (χ3v) is 3.13. The van der Waals surface area contributed by atoms with Gasteiger partial charge in [0.25, 0.3) is 5.91 Å². The summed E-state index contributed by atoms with van der Waals surface area (Å²) in [4.78, 5) is 23.6. The van der Waals surface area contributed by atoms with Crippen molar-refractivity contribution in [3.8, 4) is 0 Å². The van der Waals surface area contributed by atoms with E-state index in [9.17, 15) is 4.79 Å². The van der Waals surface area contributed by atoms with E-state index in [1.54, 1.807) is 30.6 Å². The summed E-state index contributed by atoms with van der Waals surface area (Å²) in [7, 11) is 0. The molecule has 3 N–H and O–H groups in total. The van der Waals surface area contributed by atoms with Gasteiger partial charge in [-0.3, -0.25) is 15.2 Å². The van der Waals surface area contributed by atoms with Gasteiger partial charge in [0.15, 0.2) is 0 Å². The number of nitrogens with two attached hydrogens (primary N) is 1. The number of nitrogens with zero attached hydrogens (tertiary/aromatic N) is 3. The Morgan fingerprint density at radius 2 is 2.22 bits per heavy atom. The molecular weight excluding hydrogens is 250 g/mol. The topological polar surface area (TPSA) is 93.8 Å². The van der Waals surface area contributed by atoms with Crippen molar-refractivity contribution in [1.29, 1.82) is 0 Å². The number of hydrazine groups is 1. The molecule has 1 amide bonds. The third kappa shape index (κ3) is 3.02. The molecule has 2 rings (SSSR count). The van der Waals surface area contributed by atoms with E-state index in [0.717, 1.165) is 5.03 Å². The maximum absolute atomic E-state index is 11.5. The summed E-state index contributed by atoms with van der Waals surface area (Å²) < 4.78 is 0. The highest BCUT2D eigenvalue weighted by atomic mass is 32.2. The van der Waals surface area contributed by atoms with Crippen molar-refractivity contribution >= 4 is 17.7 Å². The Kier molecular flexibility index (Phi) is 4.21. The lowest BCUT2D eigenvalue weighted by Gasteiger charge is -2.06. The number of hydrogen-bond donors (Lipinski definition) is 2. The van der Waals surface area contributed by atoms with Crippen LogP contribution in [0.5, 0.6) is 0 Å². The molecule has 92 valence electrons. The second-order valence-electron chi connectivity index (χ2n) is 3.31. The lowest BCUT2D eigenvalue weighted by Crippen LogP contribution is -2.30. The fraction of sp³-hybridized carbons (Fsp3) is 0.0909. The van der Waals surface area contributed by atoms with E-state index >= 15 is 0 Å². The van der Waals surface area contributed by atoms with Crippen LogP contribution in [0.3, 0.4) is 0 Å². The fourth-order valence-corrected chi connectivity index (χ4v) is 2.14. The SMILES string of the molecule is NNC(=O)c1cccnc1CSc1ccncn1. The molecule has 2 aromatic heterocycles. The van der Waals surface area contributed by atoms with Crippen molar-refractivity contribution in [3.05, 3.63) is 48.2 Å². The first-order chi connectivity index (χ1) is 8.81. The number of aromatic nitrogens is 3. The van der Waals surface area contributed by atoms with Crippen LogP contribution < -0.4 is 11.3 Å². The Hall–Kier alpha value is -1.99. The molecule has 18 heavy (non-hydrogen) atoms. The van der Waals surface area contributed by atoms with Gasteiger partial charge in [-0.25, -0.2) is 15.8 Å². The van der Waals surface area contributed by atoms with E-state index in [1.807, 2.05) is 0 Å². The highest BCUT2D eigenvalue weighted by Crippen LogP contribution is 2.20. The van der Waals surface area contributed by atoms with Gasteiger partial charge in [-0.2, -0.15) is 0 Å². The average molecular weight is 261 g/mol. The molecule has 0 fully saturated rings. The second kappa shape index (κ2) is 6.08. The van der Waals surface area contributed by atoms with E-state index in [1.165, 1.54) is 18.1 Å². The van der Waals surface area contributed by atoms with E-state index in [2.05, 4.69) is 20.4 Å². The Bertz CT molecular complexity index is 534. The van der Waals surface area contributed by atoms with Gasteiger partial charge in [-0.1, -0.05) is 11.8 Å². The van der Waals surface area contributed by atoms with Crippen LogP contribution >= 0.6 is 11.8 Å².